The van der Waals surface area contributed by atoms with Crippen LogP contribution < -0.4 is 20.9 Å². The molecule has 4 aromatic rings. The van der Waals surface area contributed by atoms with E-state index in [2.05, 4.69) is 32.1 Å². The number of nitrogens with one attached hydrogen (secondary N) is 3. The van der Waals surface area contributed by atoms with Crippen LogP contribution in [0.5, 0.6) is 11.5 Å². The maximum Gasteiger partial charge on any atom is 0.273 e. The predicted molar refractivity (Wildman–Crippen MR) is 134 cm³/mol. The van der Waals surface area contributed by atoms with Crippen molar-refractivity contribution >= 4 is 66.6 Å². The van der Waals surface area contributed by atoms with Gasteiger partial charge in [-0.25, -0.2) is 0 Å². The standard InChI is InChI=1S/C24H18BrN3O4S/c25-22-17-8-4-3-5-14(17)9-10-20(22)32-13-21(30)26-24(33)28-27-23(31)18-11-15-6-1-2-7-16(15)12-19(18)29/h1-12,29H,13H2,(H,27,31)(H2,26,28,30,33). The Balaban J connectivity index is 1.30. The van der Waals surface area contributed by atoms with Crippen LogP contribution in [0, 0.1) is 0 Å². The van der Waals surface area contributed by atoms with E-state index in [-0.39, 0.29) is 23.0 Å². The van der Waals surface area contributed by atoms with Crippen LogP contribution in [-0.4, -0.2) is 28.6 Å². The second kappa shape index (κ2) is 9.85. The number of hydrazine groups is 1. The first-order chi connectivity index (χ1) is 15.9. The van der Waals surface area contributed by atoms with Crippen molar-refractivity contribution in [2.24, 2.45) is 0 Å². The predicted octanol–water partition coefficient (Wildman–Crippen LogP) is 4.18. The van der Waals surface area contributed by atoms with E-state index in [4.69, 9.17) is 17.0 Å². The molecule has 166 valence electrons. The topological polar surface area (TPSA) is 99.7 Å². The number of aromatic hydroxyl groups is 1. The van der Waals surface area contributed by atoms with E-state index in [1.807, 2.05) is 54.6 Å². The van der Waals surface area contributed by atoms with Gasteiger partial charge < -0.3 is 9.84 Å². The molecule has 0 heterocycles. The van der Waals surface area contributed by atoms with Crippen molar-refractivity contribution < 1.29 is 19.4 Å². The summed E-state index contributed by atoms with van der Waals surface area (Å²) in [5, 5.41) is 16.1. The SMILES string of the molecule is O=C(COc1ccc2ccccc2c1Br)NC(=S)NNC(=O)c1cc2ccccc2cc1O. The molecule has 0 atom stereocenters. The van der Waals surface area contributed by atoms with Crippen LogP contribution in [-0.2, 0) is 4.79 Å². The number of thiocarbonyl (C=S) groups is 1. The second-order valence-corrected chi connectivity index (χ2v) is 8.26. The highest BCUT2D eigenvalue weighted by Gasteiger charge is 2.14. The molecule has 0 fully saturated rings. The van der Waals surface area contributed by atoms with Gasteiger partial charge >= 0.3 is 0 Å². The van der Waals surface area contributed by atoms with Gasteiger partial charge in [-0.3, -0.25) is 25.8 Å². The Bertz CT molecular complexity index is 1390. The van der Waals surface area contributed by atoms with Crippen molar-refractivity contribution in [3.63, 3.8) is 0 Å². The van der Waals surface area contributed by atoms with Gasteiger partial charge in [-0.05, 0) is 67.9 Å². The number of phenolic OH excluding ortho intramolecular Hbond substituents is 1. The minimum Gasteiger partial charge on any atom is -0.507 e. The van der Waals surface area contributed by atoms with Gasteiger partial charge in [0.05, 0.1) is 10.0 Å². The molecule has 33 heavy (non-hydrogen) atoms. The van der Waals surface area contributed by atoms with E-state index in [0.29, 0.717) is 5.75 Å². The maximum absolute atomic E-state index is 12.4. The first-order valence-electron chi connectivity index (χ1n) is 9.84. The number of halogens is 1. The summed E-state index contributed by atoms with van der Waals surface area (Å²) in [6.07, 6.45) is 0. The molecule has 0 aliphatic heterocycles. The smallest absolute Gasteiger partial charge is 0.273 e. The van der Waals surface area contributed by atoms with Gasteiger partial charge in [0.15, 0.2) is 11.7 Å². The number of carbonyl (C=O) groups is 2. The van der Waals surface area contributed by atoms with E-state index < -0.39 is 11.8 Å². The summed E-state index contributed by atoms with van der Waals surface area (Å²) >= 11 is 8.55. The zero-order chi connectivity index (χ0) is 23.4. The summed E-state index contributed by atoms with van der Waals surface area (Å²) in [4.78, 5) is 24.6. The molecule has 4 rings (SSSR count). The lowest BCUT2D eigenvalue weighted by Gasteiger charge is -2.13. The largest absolute Gasteiger partial charge is 0.507 e. The second-order valence-electron chi connectivity index (χ2n) is 7.06. The van der Waals surface area contributed by atoms with Gasteiger partial charge in [0, 0.05) is 0 Å². The number of rotatable bonds is 4. The van der Waals surface area contributed by atoms with Crippen LogP contribution >= 0.6 is 28.1 Å². The molecule has 4 N–H and O–H groups in total. The summed E-state index contributed by atoms with van der Waals surface area (Å²) in [7, 11) is 0. The van der Waals surface area contributed by atoms with Gasteiger partial charge in [0.1, 0.15) is 11.5 Å². The van der Waals surface area contributed by atoms with Crippen LogP contribution in [0.2, 0.25) is 0 Å². The van der Waals surface area contributed by atoms with Crippen LogP contribution in [0.4, 0.5) is 0 Å². The first-order valence-corrected chi connectivity index (χ1v) is 11.0. The Morgan fingerprint density at radius 1 is 0.909 bits per heavy atom. The van der Waals surface area contributed by atoms with Crippen LogP contribution in [0.25, 0.3) is 21.5 Å². The lowest BCUT2D eigenvalue weighted by atomic mass is 10.1. The maximum atomic E-state index is 12.4. The number of benzene rings is 4. The van der Waals surface area contributed by atoms with Gasteiger partial charge in [-0.1, -0.05) is 54.6 Å². The molecular weight excluding hydrogens is 506 g/mol. The third-order valence-corrected chi connectivity index (χ3v) is 5.86. The van der Waals surface area contributed by atoms with Crippen LogP contribution in [0.15, 0.2) is 77.3 Å². The van der Waals surface area contributed by atoms with Crippen molar-refractivity contribution in [2.45, 2.75) is 0 Å². The Morgan fingerprint density at radius 2 is 1.58 bits per heavy atom. The number of fused-ring (bicyclic) bond motifs is 2. The lowest BCUT2D eigenvalue weighted by molar-refractivity contribution is -0.121. The number of hydrogen-bond acceptors (Lipinski definition) is 5. The summed E-state index contributed by atoms with van der Waals surface area (Å²) < 4.78 is 6.34. The van der Waals surface area contributed by atoms with E-state index in [0.717, 1.165) is 26.0 Å². The number of carbonyl (C=O) groups excluding carboxylic acids is 2. The normalized spacial score (nSPS) is 10.6. The molecule has 0 aliphatic rings. The number of hydrogen-bond donors (Lipinski definition) is 4. The molecule has 4 aromatic carbocycles. The monoisotopic (exact) mass is 523 g/mol. The van der Waals surface area contributed by atoms with E-state index >= 15 is 0 Å². The van der Waals surface area contributed by atoms with Gasteiger partial charge in [-0.15, -0.1) is 0 Å². The molecule has 2 amide bonds. The molecule has 0 bridgehead atoms. The average Bonchev–Trinajstić information content (AvgIpc) is 2.82. The minimum absolute atomic E-state index is 0.0693. The highest BCUT2D eigenvalue weighted by Crippen LogP contribution is 2.33. The molecule has 0 radical (unpaired) electrons. The summed E-state index contributed by atoms with van der Waals surface area (Å²) in [5.41, 5.74) is 4.87. The van der Waals surface area contributed by atoms with Gasteiger partial charge in [0.25, 0.3) is 11.8 Å². The molecule has 9 heteroatoms. The number of phenols is 1. The fourth-order valence-electron chi connectivity index (χ4n) is 3.25. The first kappa shape index (κ1) is 22.5. The third-order valence-electron chi connectivity index (χ3n) is 4.84. The molecule has 0 aromatic heterocycles. The van der Waals surface area contributed by atoms with Crippen LogP contribution in [0.3, 0.4) is 0 Å². The Morgan fingerprint density at radius 3 is 2.33 bits per heavy atom. The van der Waals surface area contributed by atoms with Crippen molar-refractivity contribution in [3.05, 3.63) is 82.8 Å². The zero-order valence-electron chi connectivity index (χ0n) is 17.1. The van der Waals surface area contributed by atoms with Gasteiger partial charge in [0.2, 0.25) is 0 Å². The molecular formula is C24H18BrN3O4S. The van der Waals surface area contributed by atoms with Crippen molar-refractivity contribution in [2.75, 3.05) is 6.61 Å². The fourth-order valence-corrected chi connectivity index (χ4v) is 4.03. The Hall–Kier alpha value is -3.69. The highest BCUT2D eigenvalue weighted by molar-refractivity contribution is 9.10. The highest BCUT2D eigenvalue weighted by atomic mass is 79.9. The number of ether oxygens (including phenoxy) is 1. The average molecular weight is 524 g/mol. The third kappa shape index (κ3) is 5.21. The number of amides is 2. The van der Waals surface area contributed by atoms with Crippen molar-refractivity contribution in [1.82, 2.24) is 16.2 Å². The summed E-state index contributed by atoms with van der Waals surface area (Å²) in [6, 6.07) is 21.9. The molecule has 0 saturated heterocycles. The zero-order valence-corrected chi connectivity index (χ0v) is 19.5. The van der Waals surface area contributed by atoms with E-state index in [9.17, 15) is 14.7 Å². The van der Waals surface area contributed by atoms with E-state index in [1.165, 1.54) is 6.07 Å². The Labute approximate surface area is 202 Å². The minimum atomic E-state index is -0.605. The molecule has 0 unspecified atom stereocenters. The lowest BCUT2D eigenvalue weighted by Crippen LogP contribution is -2.49. The fraction of sp³-hybridized carbons (Fsp3) is 0.0417. The van der Waals surface area contributed by atoms with Gasteiger partial charge in [-0.2, -0.15) is 0 Å². The molecule has 0 saturated carbocycles. The van der Waals surface area contributed by atoms with Crippen LogP contribution in [0.1, 0.15) is 10.4 Å². The summed E-state index contributed by atoms with van der Waals surface area (Å²) in [6.45, 7) is -0.280. The van der Waals surface area contributed by atoms with Crippen molar-refractivity contribution in [3.8, 4) is 11.5 Å². The Kier molecular flexibility index (Phi) is 6.71. The molecule has 0 spiro atoms. The summed E-state index contributed by atoms with van der Waals surface area (Å²) in [5.74, 6) is -0.762. The molecule has 0 aliphatic carbocycles. The van der Waals surface area contributed by atoms with Crippen molar-refractivity contribution in [1.29, 1.82) is 0 Å². The van der Waals surface area contributed by atoms with E-state index in [1.54, 1.807) is 12.1 Å². The quantitative estimate of drug-likeness (QED) is 0.236. The molecule has 7 nitrogen and oxygen atoms in total.